The Kier molecular flexibility index (Phi) is 5.12. The average Bonchev–Trinajstić information content (AvgIpc) is 3.11. The maximum Gasteiger partial charge on any atom is 0.257 e. The third kappa shape index (κ3) is 4.14. The third-order valence-corrected chi connectivity index (χ3v) is 5.80. The van der Waals surface area contributed by atoms with Crippen molar-refractivity contribution in [3.63, 3.8) is 0 Å². The van der Waals surface area contributed by atoms with Gasteiger partial charge in [-0.3, -0.25) is 10.1 Å². The quantitative estimate of drug-likeness (QED) is 0.418. The average molecular weight is 413 g/mol. The molecule has 0 fully saturated rings. The summed E-state index contributed by atoms with van der Waals surface area (Å²) in [5.41, 5.74) is 1.65. The zero-order valence-electron chi connectivity index (χ0n) is 14.1. The first-order chi connectivity index (χ1) is 13.1. The molecule has 0 aliphatic heterocycles. The largest absolute Gasteiger partial charge is 0.298 e. The minimum atomic E-state index is -0.170. The third-order valence-electron chi connectivity index (χ3n) is 4.15. The fourth-order valence-electron chi connectivity index (χ4n) is 2.80. The number of carbonyl (C=O) groups excluding carboxylic acids is 1. The molecule has 27 heavy (non-hydrogen) atoms. The van der Waals surface area contributed by atoms with Crippen molar-refractivity contribution in [1.82, 2.24) is 4.98 Å². The number of hydrogen-bond acceptors (Lipinski definition) is 3. The molecule has 1 heterocycles. The van der Waals surface area contributed by atoms with E-state index in [0.29, 0.717) is 27.2 Å². The second-order valence-corrected chi connectivity index (χ2v) is 8.00. The van der Waals surface area contributed by atoms with Gasteiger partial charge in [0.05, 0.1) is 10.0 Å². The lowest BCUT2D eigenvalue weighted by Crippen LogP contribution is -2.11. The first kappa shape index (κ1) is 18.0. The van der Waals surface area contributed by atoms with Crippen LogP contribution in [0.5, 0.6) is 0 Å². The second kappa shape index (κ2) is 7.69. The van der Waals surface area contributed by atoms with E-state index in [-0.39, 0.29) is 5.91 Å². The lowest BCUT2D eigenvalue weighted by molar-refractivity contribution is 0.102. The number of nitrogens with one attached hydrogen (secondary N) is 1. The number of halogens is 2. The van der Waals surface area contributed by atoms with Gasteiger partial charge in [-0.05, 0) is 40.6 Å². The van der Waals surface area contributed by atoms with E-state index < -0.39 is 0 Å². The maximum atomic E-state index is 12.5. The molecule has 0 bridgehead atoms. The molecule has 0 radical (unpaired) electrons. The van der Waals surface area contributed by atoms with Gasteiger partial charge in [-0.2, -0.15) is 0 Å². The fourth-order valence-corrected chi connectivity index (χ4v) is 3.96. The first-order valence-electron chi connectivity index (χ1n) is 8.27. The van der Waals surface area contributed by atoms with Crippen LogP contribution in [-0.4, -0.2) is 10.9 Å². The molecule has 3 aromatic carbocycles. The van der Waals surface area contributed by atoms with Gasteiger partial charge in [0.2, 0.25) is 0 Å². The Morgan fingerprint density at radius 3 is 2.59 bits per heavy atom. The van der Waals surface area contributed by atoms with Crippen LogP contribution in [0.25, 0.3) is 10.8 Å². The van der Waals surface area contributed by atoms with Gasteiger partial charge in [0.15, 0.2) is 5.13 Å². The number of rotatable bonds is 4. The Balaban J connectivity index is 1.47. The maximum absolute atomic E-state index is 12.5. The van der Waals surface area contributed by atoms with Crippen LogP contribution < -0.4 is 5.32 Å². The van der Waals surface area contributed by atoms with Crippen molar-refractivity contribution in [3.05, 3.63) is 92.9 Å². The molecular weight excluding hydrogens is 399 g/mol. The van der Waals surface area contributed by atoms with Crippen molar-refractivity contribution in [1.29, 1.82) is 0 Å². The van der Waals surface area contributed by atoms with Gasteiger partial charge in [-0.15, -0.1) is 11.3 Å². The summed E-state index contributed by atoms with van der Waals surface area (Å²) < 4.78 is 0. The molecule has 1 N–H and O–H groups in total. The number of fused-ring (bicyclic) bond motifs is 1. The van der Waals surface area contributed by atoms with E-state index in [2.05, 4.69) is 10.3 Å². The number of benzene rings is 3. The lowest BCUT2D eigenvalue weighted by atomic mass is 10.1. The van der Waals surface area contributed by atoms with Crippen LogP contribution in [0, 0.1) is 0 Å². The molecule has 4 aromatic rings. The van der Waals surface area contributed by atoms with E-state index in [1.807, 2.05) is 54.6 Å². The van der Waals surface area contributed by atoms with Crippen molar-refractivity contribution in [2.45, 2.75) is 6.42 Å². The van der Waals surface area contributed by atoms with E-state index in [1.165, 1.54) is 11.3 Å². The number of amides is 1. The van der Waals surface area contributed by atoms with Gasteiger partial charge in [0.1, 0.15) is 0 Å². The van der Waals surface area contributed by atoms with Crippen molar-refractivity contribution in [3.8, 4) is 0 Å². The van der Waals surface area contributed by atoms with Gasteiger partial charge in [-0.25, -0.2) is 4.98 Å². The molecule has 3 nitrogen and oxygen atoms in total. The number of nitrogens with zero attached hydrogens (tertiary/aromatic N) is 1. The molecule has 0 aliphatic carbocycles. The number of aromatic nitrogens is 1. The Morgan fingerprint density at radius 2 is 1.78 bits per heavy atom. The van der Waals surface area contributed by atoms with Gasteiger partial charge in [0, 0.05) is 23.1 Å². The Morgan fingerprint density at radius 1 is 0.963 bits per heavy atom. The first-order valence-corrected chi connectivity index (χ1v) is 9.84. The molecular formula is C21H14Cl2N2OS. The van der Waals surface area contributed by atoms with Gasteiger partial charge in [-0.1, -0.05) is 59.6 Å². The number of thiazole rings is 1. The second-order valence-electron chi connectivity index (χ2n) is 6.07. The van der Waals surface area contributed by atoms with Crippen LogP contribution in [0.4, 0.5) is 5.13 Å². The SMILES string of the molecule is O=C(Nc1ncc(Cc2ccc(Cl)c(Cl)c2)s1)c1ccc2ccccc2c1. The summed E-state index contributed by atoms with van der Waals surface area (Å²) in [5.74, 6) is -0.170. The van der Waals surface area contributed by atoms with Crippen LogP contribution in [0.1, 0.15) is 20.8 Å². The van der Waals surface area contributed by atoms with Crippen molar-refractivity contribution < 1.29 is 4.79 Å². The smallest absolute Gasteiger partial charge is 0.257 e. The molecule has 0 saturated heterocycles. The molecule has 0 unspecified atom stereocenters. The van der Waals surface area contributed by atoms with Crippen molar-refractivity contribution in [2.24, 2.45) is 0 Å². The summed E-state index contributed by atoms with van der Waals surface area (Å²) in [6.07, 6.45) is 2.45. The molecule has 0 spiro atoms. The van der Waals surface area contributed by atoms with E-state index in [0.717, 1.165) is 21.2 Å². The molecule has 0 aliphatic rings. The van der Waals surface area contributed by atoms with Crippen molar-refractivity contribution in [2.75, 3.05) is 5.32 Å². The summed E-state index contributed by atoms with van der Waals surface area (Å²) in [6.45, 7) is 0. The summed E-state index contributed by atoms with van der Waals surface area (Å²) in [5, 5.41) is 6.65. The van der Waals surface area contributed by atoms with Crippen LogP contribution in [-0.2, 0) is 6.42 Å². The van der Waals surface area contributed by atoms with Gasteiger partial charge in [0.25, 0.3) is 5.91 Å². The lowest BCUT2D eigenvalue weighted by Gasteiger charge is -2.04. The van der Waals surface area contributed by atoms with E-state index in [1.54, 1.807) is 12.3 Å². The summed E-state index contributed by atoms with van der Waals surface area (Å²) in [4.78, 5) is 17.9. The van der Waals surface area contributed by atoms with Crippen LogP contribution in [0.2, 0.25) is 10.0 Å². The molecule has 6 heteroatoms. The number of anilines is 1. The highest BCUT2D eigenvalue weighted by Crippen LogP contribution is 2.26. The summed E-state index contributed by atoms with van der Waals surface area (Å²) >= 11 is 13.5. The molecule has 4 rings (SSSR count). The van der Waals surface area contributed by atoms with Gasteiger partial charge >= 0.3 is 0 Å². The Bertz CT molecular complexity index is 1140. The highest BCUT2D eigenvalue weighted by Gasteiger charge is 2.10. The molecule has 1 amide bonds. The predicted molar refractivity (Wildman–Crippen MR) is 113 cm³/mol. The standard InChI is InChI=1S/C21H14Cl2N2OS/c22-18-8-5-13(10-19(18)23)9-17-12-24-21(27-17)25-20(26)16-7-6-14-3-1-2-4-15(14)11-16/h1-8,10-12H,9H2,(H,24,25,26). The van der Waals surface area contributed by atoms with Crippen LogP contribution in [0.3, 0.4) is 0 Å². The highest BCUT2D eigenvalue weighted by atomic mass is 35.5. The Labute approximate surface area is 170 Å². The summed E-state index contributed by atoms with van der Waals surface area (Å²) in [6, 6.07) is 19.2. The van der Waals surface area contributed by atoms with E-state index in [4.69, 9.17) is 23.2 Å². The normalized spacial score (nSPS) is 10.9. The minimum absolute atomic E-state index is 0.170. The predicted octanol–water partition coefficient (Wildman–Crippen LogP) is 6.45. The van der Waals surface area contributed by atoms with Gasteiger partial charge < -0.3 is 0 Å². The van der Waals surface area contributed by atoms with Crippen molar-refractivity contribution >= 4 is 56.3 Å². The van der Waals surface area contributed by atoms with E-state index >= 15 is 0 Å². The number of carbonyl (C=O) groups is 1. The zero-order valence-corrected chi connectivity index (χ0v) is 16.4. The Hall–Kier alpha value is -2.40. The topological polar surface area (TPSA) is 42.0 Å². The summed E-state index contributed by atoms with van der Waals surface area (Å²) in [7, 11) is 0. The fraction of sp³-hybridized carbons (Fsp3) is 0.0476. The highest BCUT2D eigenvalue weighted by molar-refractivity contribution is 7.15. The van der Waals surface area contributed by atoms with Crippen LogP contribution >= 0.6 is 34.5 Å². The molecule has 0 atom stereocenters. The molecule has 1 aromatic heterocycles. The van der Waals surface area contributed by atoms with E-state index in [9.17, 15) is 4.79 Å². The number of hydrogen-bond donors (Lipinski definition) is 1. The monoisotopic (exact) mass is 412 g/mol. The van der Waals surface area contributed by atoms with Crippen LogP contribution in [0.15, 0.2) is 66.9 Å². The minimum Gasteiger partial charge on any atom is -0.298 e. The molecule has 134 valence electrons. The molecule has 0 saturated carbocycles. The zero-order chi connectivity index (χ0) is 18.8.